The number of H-pyrrole nitrogens is 1. The maximum Gasteiger partial charge on any atom is 0.416 e. The number of alkyl halides is 4. The van der Waals surface area contributed by atoms with E-state index < -0.39 is 11.7 Å². The highest BCUT2D eigenvalue weighted by Gasteiger charge is 2.30. The van der Waals surface area contributed by atoms with Crippen LogP contribution >= 0.6 is 11.6 Å². The van der Waals surface area contributed by atoms with Crippen LogP contribution in [0.2, 0.25) is 0 Å². The number of halogens is 4. The van der Waals surface area contributed by atoms with Crippen molar-refractivity contribution in [2.24, 2.45) is 0 Å². The van der Waals surface area contributed by atoms with E-state index in [0.29, 0.717) is 17.4 Å². The molecule has 114 valence electrons. The van der Waals surface area contributed by atoms with Gasteiger partial charge in [0.25, 0.3) is 0 Å². The van der Waals surface area contributed by atoms with Crippen molar-refractivity contribution in [1.82, 2.24) is 4.98 Å². The average Bonchev–Trinajstić information content (AvgIpc) is 2.89. The van der Waals surface area contributed by atoms with Crippen LogP contribution < -0.4 is 4.74 Å². The van der Waals surface area contributed by atoms with E-state index in [4.69, 9.17) is 16.3 Å². The first-order valence-corrected chi connectivity index (χ1v) is 7.02. The molecule has 3 rings (SSSR count). The summed E-state index contributed by atoms with van der Waals surface area (Å²) in [6.07, 6.45) is -4.35. The lowest BCUT2D eigenvalue weighted by molar-refractivity contribution is -0.137. The molecule has 0 radical (unpaired) electrons. The molecular weight excluding hydrogens is 315 g/mol. The predicted octanol–water partition coefficient (Wildman–Crippen LogP) is 5.72. The summed E-state index contributed by atoms with van der Waals surface area (Å²) in [5.41, 5.74) is 1.12. The molecular formula is C16H11ClF3NO. The second-order valence-electron chi connectivity index (χ2n) is 4.80. The molecule has 0 unspecified atom stereocenters. The van der Waals surface area contributed by atoms with Gasteiger partial charge in [0.15, 0.2) is 0 Å². The Labute approximate surface area is 129 Å². The number of hydrogen-bond acceptors (Lipinski definition) is 1. The van der Waals surface area contributed by atoms with E-state index in [1.165, 1.54) is 12.1 Å². The molecule has 6 heteroatoms. The summed E-state index contributed by atoms with van der Waals surface area (Å²) in [5.74, 6) is 1.27. The van der Waals surface area contributed by atoms with Crippen molar-refractivity contribution in [2.45, 2.75) is 12.1 Å². The van der Waals surface area contributed by atoms with Gasteiger partial charge in [-0.3, -0.25) is 0 Å². The van der Waals surface area contributed by atoms with Gasteiger partial charge >= 0.3 is 6.18 Å². The van der Waals surface area contributed by atoms with Gasteiger partial charge in [0.2, 0.25) is 0 Å². The Hall–Kier alpha value is -2.14. The predicted molar refractivity (Wildman–Crippen MR) is 79.4 cm³/mol. The van der Waals surface area contributed by atoms with Gasteiger partial charge in [0.1, 0.15) is 11.5 Å². The molecule has 0 saturated heterocycles. The number of ether oxygens (including phenoxy) is 1. The molecule has 1 aromatic heterocycles. The van der Waals surface area contributed by atoms with Gasteiger partial charge in [-0.15, -0.1) is 11.6 Å². The van der Waals surface area contributed by atoms with Crippen molar-refractivity contribution in [3.63, 3.8) is 0 Å². The lowest BCUT2D eigenvalue weighted by Crippen LogP contribution is -2.03. The lowest BCUT2D eigenvalue weighted by Gasteiger charge is -2.09. The summed E-state index contributed by atoms with van der Waals surface area (Å²) >= 11 is 5.77. The van der Waals surface area contributed by atoms with E-state index in [1.54, 1.807) is 12.1 Å². The third-order valence-electron chi connectivity index (χ3n) is 3.21. The number of hydrogen-bond donors (Lipinski definition) is 1. The quantitative estimate of drug-likeness (QED) is 0.612. The van der Waals surface area contributed by atoms with Gasteiger partial charge in [0, 0.05) is 16.6 Å². The van der Waals surface area contributed by atoms with E-state index in [-0.39, 0.29) is 0 Å². The molecule has 0 spiro atoms. The second-order valence-corrected chi connectivity index (χ2v) is 5.07. The number of aromatic amines is 1. The van der Waals surface area contributed by atoms with Crippen molar-refractivity contribution >= 4 is 22.5 Å². The number of benzene rings is 2. The van der Waals surface area contributed by atoms with Crippen LogP contribution in [0.25, 0.3) is 10.9 Å². The molecule has 22 heavy (non-hydrogen) atoms. The number of rotatable bonds is 3. The van der Waals surface area contributed by atoms with Gasteiger partial charge < -0.3 is 9.72 Å². The SMILES string of the molecule is FC(F)(F)c1ccc(Oc2ccc3[nH]c(CCl)cc3c2)cc1. The number of nitrogens with one attached hydrogen (secondary N) is 1. The lowest BCUT2D eigenvalue weighted by atomic mass is 10.2. The first-order chi connectivity index (χ1) is 10.5. The molecule has 0 bridgehead atoms. The third-order valence-corrected chi connectivity index (χ3v) is 3.50. The highest BCUT2D eigenvalue weighted by Crippen LogP contribution is 2.32. The summed E-state index contributed by atoms with van der Waals surface area (Å²) in [5, 5.41) is 0.931. The highest BCUT2D eigenvalue weighted by molar-refractivity contribution is 6.17. The second kappa shape index (κ2) is 5.57. The zero-order valence-electron chi connectivity index (χ0n) is 11.2. The minimum atomic E-state index is -4.35. The summed E-state index contributed by atoms with van der Waals surface area (Å²) in [6, 6.07) is 11.9. The van der Waals surface area contributed by atoms with Gasteiger partial charge in [-0.1, -0.05) is 0 Å². The smallest absolute Gasteiger partial charge is 0.416 e. The molecule has 0 aliphatic carbocycles. The maximum atomic E-state index is 12.5. The molecule has 3 aromatic rings. The molecule has 0 fully saturated rings. The van der Waals surface area contributed by atoms with Gasteiger partial charge in [-0.25, -0.2) is 0 Å². The first kappa shape index (κ1) is 14.8. The van der Waals surface area contributed by atoms with E-state index in [9.17, 15) is 13.2 Å². The van der Waals surface area contributed by atoms with Crippen molar-refractivity contribution in [1.29, 1.82) is 0 Å². The minimum Gasteiger partial charge on any atom is -0.457 e. The zero-order chi connectivity index (χ0) is 15.7. The van der Waals surface area contributed by atoms with Crippen LogP contribution in [0.1, 0.15) is 11.3 Å². The van der Waals surface area contributed by atoms with Crippen molar-refractivity contribution in [3.05, 3.63) is 59.8 Å². The average molecular weight is 326 g/mol. The Bertz CT molecular complexity index is 793. The maximum absolute atomic E-state index is 12.5. The topological polar surface area (TPSA) is 25.0 Å². The number of aromatic nitrogens is 1. The Kier molecular flexibility index (Phi) is 3.74. The molecule has 0 aliphatic rings. The fourth-order valence-electron chi connectivity index (χ4n) is 2.15. The number of fused-ring (bicyclic) bond motifs is 1. The van der Waals surface area contributed by atoms with E-state index >= 15 is 0 Å². The van der Waals surface area contributed by atoms with Crippen molar-refractivity contribution < 1.29 is 17.9 Å². The molecule has 0 aliphatic heterocycles. The molecule has 2 aromatic carbocycles. The molecule has 0 saturated carbocycles. The molecule has 0 atom stereocenters. The third kappa shape index (κ3) is 3.04. The summed E-state index contributed by atoms with van der Waals surface area (Å²) in [4.78, 5) is 3.15. The van der Waals surface area contributed by atoms with E-state index in [0.717, 1.165) is 28.7 Å². The van der Waals surface area contributed by atoms with Crippen LogP contribution in [-0.2, 0) is 12.1 Å². The Morgan fingerprint density at radius 2 is 1.64 bits per heavy atom. The Balaban J connectivity index is 1.83. The molecule has 1 N–H and O–H groups in total. The van der Waals surface area contributed by atoms with Gasteiger partial charge in [-0.2, -0.15) is 13.2 Å². The summed E-state index contributed by atoms with van der Waals surface area (Å²) in [7, 11) is 0. The molecule has 0 amide bonds. The Morgan fingerprint density at radius 1 is 0.955 bits per heavy atom. The highest BCUT2D eigenvalue weighted by atomic mass is 35.5. The van der Waals surface area contributed by atoms with Gasteiger partial charge in [-0.05, 0) is 48.5 Å². The first-order valence-electron chi connectivity index (χ1n) is 6.48. The van der Waals surface area contributed by atoms with E-state index in [2.05, 4.69) is 4.98 Å². The van der Waals surface area contributed by atoms with Crippen LogP contribution in [0, 0.1) is 0 Å². The standard InChI is InChI=1S/C16H11ClF3NO/c17-9-12-7-10-8-14(5-6-15(10)21-12)22-13-3-1-11(2-4-13)16(18,19)20/h1-8,21H,9H2. The zero-order valence-corrected chi connectivity index (χ0v) is 12.0. The van der Waals surface area contributed by atoms with Crippen LogP contribution in [0.4, 0.5) is 13.2 Å². The van der Waals surface area contributed by atoms with Gasteiger partial charge in [0.05, 0.1) is 11.4 Å². The van der Waals surface area contributed by atoms with Crippen LogP contribution in [0.15, 0.2) is 48.5 Å². The molecule has 2 nitrogen and oxygen atoms in total. The fourth-order valence-corrected chi connectivity index (χ4v) is 2.30. The van der Waals surface area contributed by atoms with E-state index in [1.807, 2.05) is 12.1 Å². The summed E-state index contributed by atoms with van der Waals surface area (Å²) in [6.45, 7) is 0. The van der Waals surface area contributed by atoms with Crippen molar-refractivity contribution in [3.8, 4) is 11.5 Å². The largest absolute Gasteiger partial charge is 0.457 e. The fraction of sp³-hybridized carbons (Fsp3) is 0.125. The monoisotopic (exact) mass is 325 g/mol. The van der Waals surface area contributed by atoms with Crippen LogP contribution in [-0.4, -0.2) is 4.98 Å². The summed E-state index contributed by atoms with van der Waals surface area (Å²) < 4.78 is 43.1. The normalized spacial score (nSPS) is 11.8. The molecule has 1 heterocycles. The van der Waals surface area contributed by atoms with Crippen LogP contribution in [0.3, 0.4) is 0 Å². The van der Waals surface area contributed by atoms with Crippen LogP contribution in [0.5, 0.6) is 11.5 Å². The minimum absolute atomic E-state index is 0.348. The van der Waals surface area contributed by atoms with Crippen molar-refractivity contribution in [2.75, 3.05) is 0 Å². The Morgan fingerprint density at radius 3 is 2.27 bits per heavy atom.